The summed E-state index contributed by atoms with van der Waals surface area (Å²) in [7, 11) is 1.54. The second kappa shape index (κ2) is 5.01. The SMILES string of the molecule is COc1cc(C)c(C#CCC(=O)O)cn1. The summed E-state index contributed by atoms with van der Waals surface area (Å²) >= 11 is 0. The van der Waals surface area contributed by atoms with Gasteiger partial charge in [0.15, 0.2) is 0 Å². The van der Waals surface area contributed by atoms with Crippen molar-refractivity contribution in [2.75, 3.05) is 7.11 Å². The van der Waals surface area contributed by atoms with Gasteiger partial charge in [-0.1, -0.05) is 11.8 Å². The van der Waals surface area contributed by atoms with Gasteiger partial charge in [0, 0.05) is 17.8 Å². The minimum absolute atomic E-state index is 0.161. The third-order valence-electron chi connectivity index (χ3n) is 1.76. The minimum atomic E-state index is -0.929. The zero-order valence-electron chi connectivity index (χ0n) is 8.57. The molecule has 0 fully saturated rings. The Balaban J connectivity index is 2.85. The standard InChI is InChI=1S/C11H11NO3/c1-8-6-10(15-2)12-7-9(8)4-3-5-11(13)14/h6-7H,5H2,1-2H3,(H,13,14). The van der Waals surface area contributed by atoms with Gasteiger partial charge >= 0.3 is 5.97 Å². The van der Waals surface area contributed by atoms with E-state index in [0.29, 0.717) is 5.88 Å². The fourth-order valence-electron chi connectivity index (χ4n) is 0.988. The van der Waals surface area contributed by atoms with Gasteiger partial charge in [0.25, 0.3) is 0 Å². The Morgan fingerprint density at radius 2 is 2.40 bits per heavy atom. The van der Waals surface area contributed by atoms with Crippen molar-refractivity contribution < 1.29 is 14.6 Å². The van der Waals surface area contributed by atoms with Crippen molar-refractivity contribution in [3.63, 3.8) is 0 Å². The Labute approximate surface area is 87.9 Å². The molecule has 0 aromatic carbocycles. The Hall–Kier alpha value is -2.02. The summed E-state index contributed by atoms with van der Waals surface area (Å²) in [5.74, 6) is 4.89. The van der Waals surface area contributed by atoms with Crippen LogP contribution in [0.25, 0.3) is 0 Å². The van der Waals surface area contributed by atoms with Crippen LogP contribution in [0.1, 0.15) is 17.5 Å². The van der Waals surface area contributed by atoms with Gasteiger partial charge in [-0.05, 0) is 12.5 Å². The zero-order chi connectivity index (χ0) is 11.3. The van der Waals surface area contributed by atoms with Gasteiger partial charge in [0.2, 0.25) is 5.88 Å². The van der Waals surface area contributed by atoms with Gasteiger partial charge in [-0.15, -0.1) is 0 Å². The first-order valence-electron chi connectivity index (χ1n) is 4.35. The smallest absolute Gasteiger partial charge is 0.315 e. The van der Waals surface area contributed by atoms with E-state index in [0.717, 1.165) is 11.1 Å². The number of carboxylic acids is 1. The first kappa shape index (κ1) is 11.1. The molecule has 0 saturated heterocycles. The predicted molar refractivity (Wildman–Crippen MR) is 54.7 cm³/mol. The van der Waals surface area contributed by atoms with Gasteiger partial charge in [-0.3, -0.25) is 4.79 Å². The second-order valence-electron chi connectivity index (χ2n) is 2.91. The molecule has 0 radical (unpaired) electrons. The van der Waals surface area contributed by atoms with Crippen molar-refractivity contribution in [2.24, 2.45) is 0 Å². The number of carboxylic acid groups (broad SMARTS) is 1. The highest BCUT2D eigenvalue weighted by molar-refractivity contribution is 5.70. The molecule has 1 aromatic rings. The topological polar surface area (TPSA) is 59.4 Å². The third-order valence-corrected chi connectivity index (χ3v) is 1.76. The van der Waals surface area contributed by atoms with Gasteiger partial charge in [-0.2, -0.15) is 0 Å². The lowest BCUT2D eigenvalue weighted by Gasteiger charge is -2.00. The van der Waals surface area contributed by atoms with E-state index in [1.54, 1.807) is 12.3 Å². The molecule has 0 aliphatic carbocycles. The Morgan fingerprint density at radius 3 is 2.93 bits per heavy atom. The predicted octanol–water partition coefficient (Wildman–Crippen LogP) is 1.22. The Bertz CT molecular complexity index is 429. The molecule has 78 valence electrons. The highest BCUT2D eigenvalue weighted by Crippen LogP contribution is 2.11. The zero-order valence-corrected chi connectivity index (χ0v) is 8.57. The molecule has 0 aliphatic heterocycles. The van der Waals surface area contributed by atoms with Gasteiger partial charge in [0.05, 0.1) is 7.11 Å². The van der Waals surface area contributed by atoms with Crippen LogP contribution in [0.2, 0.25) is 0 Å². The maximum atomic E-state index is 10.2. The molecule has 0 unspecified atom stereocenters. The number of aryl methyl sites for hydroxylation is 1. The summed E-state index contributed by atoms with van der Waals surface area (Å²) in [6.07, 6.45) is 1.41. The normalized spacial score (nSPS) is 8.93. The molecule has 0 atom stereocenters. The largest absolute Gasteiger partial charge is 0.481 e. The highest BCUT2D eigenvalue weighted by Gasteiger charge is 1.98. The van der Waals surface area contributed by atoms with Crippen LogP contribution in [0.15, 0.2) is 12.3 Å². The minimum Gasteiger partial charge on any atom is -0.481 e. The Morgan fingerprint density at radius 1 is 1.67 bits per heavy atom. The summed E-state index contributed by atoms with van der Waals surface area (Å²) in [5.41, 5.74) is 1.64. The molecule has 0 bridgehead atoms. The molecular formula is C11H11NO3. The summed E-state index contributed by atoms with van der Waals surface area (Å²) < 4.78 is 4.94. The van der Waals surface area contributed by atoms with Crippen LogP contribution >= 0.6 is 0 Å². The molecule has 15 heavy (non-hydrogen) atoms. The first-order chi connectivity index (χ1) is 7.13. The Kier molecular flexibility index (Phi) is 3.69. The molecule has 0 amide bonds. The van der Waals surface area contributed by atoms with E-state index < -0.39 is 5.97 Å². The van der Waals surface area contributed by atoms with Crippen LogP contribution in [-0.4, -0.2) is 23.2 Å². The number of ether oxygens (including phenoxy) is 1. The number of aliphatic carboxylic acids is 1. The second-order valence-corrected chi connectivity index (χ2v) is 2.91. The monoisotopic (exact) mass is 205 g/mol. The highest BCUT2D eigenvalue weighted by atomic mass is 16.5. The van der Waals surface area contributed by atoms with E-state index in [1.807, 2.05) is 6.92 Å². The maximum Gasteiger partial charge on any atom is 0.315 e. The number of nitrogens with zero attached hydrogens (tertiary/aromatic N) is 1. The first-order valence-corrected chi connectivity index (χ1v) is 4.35. The van der Waals surface area contributed by atoms with Crippen LogP contribution in [0, 0.1) is 18.8 Å². The lowest BCUT2D eigenvalue weighted by Crippen LogP contribution is -1.92. The number of rotatable bonds is 2. The van der Waals surface area contributed by atoms with Crippen molar-refractivity contribution in [3.8, 4) is 17.7 Å². The lowest BCUT2D eigenvalue weighted by molar-refractivity contribution is -0.135. The van der Waals surface area contributed by atoms with Crippen molar-refractivity contribution in [2.45, 2.75) is 13.3 Å². The van der Waals surface area contributed by atoms with Gasteiger partial charge in [0.1, 0.15) is 6.42 Å². The summed E-state index contributed by atoms with van der Waals surface area (Å²) in [6, 6.07) is 1.75. The fourth-order valence-corrected chi connectivity index (χ4v) is 0.988. The molecule has 0 spiro atoms. The average molecular weight is 205 g/mol. The van der Waals surface area contributed by atoms with E-state index >= 15 is 0 Å². The van der Waals surface area contributed by atoms with Crippen LogP contribution < -0.4 is 4.74 Å². The molecule has 0 aliphatic rings. The number of pyridine rings is 1. The molecule has 1 rings (SSSR count). The number of aromatic nitrogens is 1. The van der Waals surface area contributed by atoms with Crippen molar-refractivity contribution >= 4 is 5.97 Å². The molecule has 1 N–H and O–H groups in total. The average Bonchev–Trinajstić information content (AvgIpc) is 2.20. The van der Waals surface area contributed by atoms with Gasteiger partial charge < -0.3 is 9.84 Å². The fraction of sp³-hybridized carbons (Fsp3) is 0.273. The summed E-state index contributed by atoms with van der Waals surface area (Å²) in [4.78, 5) is 14.2. The van der Waals surface area contributed by atoms with Gasteiger partial charge in [-0.25, -0.2) is 4.98 Å². The lowest BCUT2D eigenvalue weighted by atomic mass is 10.1. The molecule has 0 saturated carbocycles. The van der Waals surface area contributed by atoms with Crippen LogP contribution in [0.5, 0.6) is 5.88 Å². The van der Waals surface area contributed by atoms with Crippen molar-refractivity contribution in [1.82, 2.24) is 4.98 Å². The molecule has 4 nitrogen and oxygen atoms in total. The third kappa shape index (κ3) is 3.31. The van der Waals surface area contributed by atoms with E-state index in [1.165, 1.54) is 7.11 Å². The van der Waals surface area contributed by atoms with E-state index in [2.05, 4.69) is 16.8 Å². The summed E-state index contributed by atoms with van der Waals surface area (Å²) in [6.45, 7) is 1.87. The number of methoxy groups -OCH3 is 1. The quantitative estimate of drug-likeness (QED) is 0.737. The van der Waals surface area contributed by atoms with E-state index in [9.17, 15) is 4.79 Å². The molecule has 1 heterocycles. The van der Waals surface area contributed by atoms with Crippen LogP contribution in [0.4, 0.5) is 0 Å². The number of hydrogen-bond acceptors (Lipinski definition) is 3. The molecular weight excluding hydrogens is 194 g/mol. The van der Waals surface area contributed by atoms with E-state index in [-0.39, 0.29) is 6.42 Å². The molecule has 1 aromatic heterocycles. The molecule has 4 heteroatoms. The number of carbonyl (C=O) groups is 1. The van der Waals surface area contributed by atoms with Crippen molar-refractivity contribution in [1.29, 1.82) is 0 Å². The summed E-state index contributed by atoms with van der Waals surface area (Å²) in [5, 5.41) is 8.40. The number of hydrogen-bond donors (Lipinski definition) is 1. The van der Waals surface area contributed by atoms with Crippen LogP contribution in [-0.2, 0) is 4.79 Å². The van der Waals surface area contributed by atoms with E-state index in [4.69, 9.17) is 9.84 Å². The van der Waals surface area contributed by atoms with Crippen molar-refractivity contribution in [3.05, 3.63) is 23.4 Å². The van der Waals surface area contributed by atoms with Crippen LogP contribution in [0.3, 0.4) is 0 Å². The maximum absolute atomic E-state index is 10.2.